The first-order valence-electron chi connectivity index (χ1n) is 4.50. The van der Waals surface area contributed by atoms with Gasteiger partial charge >= 0.3 is 5.63 Å². The Morgan fingerprint density at radius 2 is 2.13 bits per heavy atom. The molecule has 0 aliphatic heterocycles. The zero-order valence-corrected chi connectivity index (χ0v) is 8.82. The standard InChI is InChI=1S/C11H9ClO3/c1-7(12)14-9-3-4-10-8(6-9)2-5-11(13)15-10/h2-7H,1H3. The maximum Gasteiger partial charge on any atom is 0.336 e. The van der Waals surface area contributed by atoms with Gasteiger partial charge in [0, 0.05) is 11.5 Å². The molecule has 1 aromatic carbocycles. The number of hydrogen-bond acceptors (Lipinski definition) is 3. The van der Waals surface area contributed by atoms with E-state index >= 15 is 0 Å². The van der Waals surface area contributed by atoms with E-state index in [9.17, 15) is 4.79 Å². The van der Waals surface area contributed by atoms with Crippen LogP contribution >= 0.6 is 11.6 Å². The molecular weight excluding hydrogens is 216 g/mol. The maximum absolute atomic E-state index is 10.9. The molecule has 4 heteroatoms. The van der Waals surface area contributed by atoms with E-state index in [1.165, 1.54) is 6.07 Å². The maximum atomic E-state index is 10.9. The molecule has 15 heavy (non-hydrogen) atoms. The summed E-state index contributed by atoms with van der Waals surface area (Å²) in [5.41, 5.74) is -0.211. The summed E-state index contributed by atoms with van der Waals surface area (Å²) in [6, 6.07) is 8.23. The molecule has 0 fully saturated rings. The van der Waals surface area contributed by atoms with Gasteiger partial charge < -0.3 is 9.15 Å². The third kappa shape index (κ3) is 2.30. The van der Waals surface area contributed by atoms with Crippen LogP contribution < -0.4 is 10.4 Å². The van der Waals surface area contributed by atoms with E-state index in [-0.39, 0.29) is 5.63 Å². The number of hydrogen-bond donors (Lipinski definition) is 0. The number of halogens is 1. The predicted molar refractivity (Wildman–Crippen MR) is 58.4 cm³/mol. The van der Waals surface area contributed by atoms with Gasteiger partial charge in [0.15, 0.2) is 5.56 Å². The SMILES string of the molecule is CC(Cl)Oc1ccc2oc(=O)ccc2c1. The molecule has 2 rings (SSSR count). The third-order valence-corrected chi connectivity index (χ3v) is 1.98. The molecule has 1 atom stereocenters. The first-order chi connectivity index (χ1) is 7.15. The van der Waals surface area contributed by atoms with Crippen LogP contribution in [-0.2, 0) is 0 Å². The van der Waals surface area contributed by atoms with Gasteiger partial charge in [-0.2, -0.15) is 0 Å². The van der Waals surface area contributed by atoms with Crippen LogP contribution in [0.5, 0.6) is 5.75 Å². The van der Waals surface area contributed by atoms with Gasteiger partial charge in [-0.05, 0) is 31.2 Å². The van der Waals surface area contributed by atoms with E-state index in [1.54, 1.807) is 31.2 Å². The molecule has 3 nitrogen and oxygen atoms in total. The van der Waals surface area contributed by atoms with Crippen molar-refractivity contribution < 1.29 is 9.15 Å². The summed E-state index contributed by atoms with van der Waals surface area (Å²) >= 11 is 5.69. The Morgan fingerprint density at radius 1 is 1.33 bits per heavy atom. The van der Waals surface area contributed by atoms with E-state index in [4.69, 9.17) is 20.8 Å². The van der Waals surface area contributed by atoms with E-state index in [0.29, 0.717) is 11.3 Å². The number of fused-ring (bicyclic) bond motifs is 1. The zero-order valence-electron chi connectivity index (χ0n) is 8.07. The van der Waals surface area contributed by atoms with Crippen LogP contribution in [0.4, 0.5) is 0 Å². The minimum absolute atomic E-state index is 0.359. The summed E-state index contributed by atoms with van der Waals surface area (Å²) in [5, 5.41) is 0.810. The molecule has 2 aromatic rings. The lowest BCUT2D eigenvalue weighted by Crippen LogP contribution is -2.02. The van der Waals surface area contributed by atoms with E-state index in [2.05, 4.69) is 0 Å². The molecule has 78 valence electrons. The number of ether oxygens (including phenoxy) is 1. The highest BCUT2D eigenvalue weighted by atomic mass is 35.5. The molecule has 1 heterocycles. The molecule has 0 radical (unpaired) electrons. The van der Waals surface area contributed by atoms with Gasteiger partial charge in [0.2, 0.25) is 0 Å². The summed E-state index contributed by atoms with van der Waals surface area (Å²) in [6.45, 7) is 1.73. The Bertz CT molecular complexity index is 531. The van der Waals surface area contributed by atoms with Gasteiger partial charge in [0.05, 0.1) is 0 Å². The van der Waals surface area contributed by atoms with E-state index < -0.39 is 5.56 Å². The fourth-order valence-electron chi connectivity index (χ4n) is 1.31. The van der Waals surface area contributed by atoms with E-state index in [1.807, 2.05) is 0 Å². The van der Waals surface area contributed by atoms with Crippen LogP contribution in [0.3, 0.4) is 0 Å². The Balaban J connectivity index is 2.47. The van der Waals surface area contributed by atoms with Gasteiger partial charge in [-0.25, -0.2) is 4.79 Å². The van der Waals surface area contributed by atoms with Gasteiger partial charge in [0.25, 0.3) is 0 Å². The molecule has 0 saturated heterocycles. The van der Waals surface area contributed by atoms with Gasteiger partial charge in [-0.15, -0.1) is 0 Å². The van der Waals surface area contributed by atoms with Gasteiger partial charge in [0.1, 0.15) is 11.3 Å². The first-order valence-corrected chi connectivity index (χ1v) is 4.93. The number of alkyl halides is 1. The largest absolute Gasteiger partial charge is 0.475 e. The second-order valence-corrected chi connectivity index (χ2v) is 3.73. The minimum Gasteiger partial charge on any atom is -0.475 e. The monoisotopic (exact) mass is 224 g/mol. The average molecular weight is 225 g/mol. The molecule has 0 spiro atoms. The zero-order chi connectivity index (χ0) is 10.8. The normalized spacial score (nSPS) is 12.7. The second-order valence-electron chi connectivity index (χ2n) is 3.11. The molecule has 0 saturated carbocycles. The molecule has 1 aromatic heterocycles. The molecule has 0 aliphatic rings. The van der Waals surface area contributed by atoms with Crippen LogP contribution in [0.1, 0.15) is 6.92 Å². The van der Waals surface area contributed by atoms with Gasteiger partial charge in [-0.1, -0.05) is 11.6 Å². The van der Waals surface area contributed by atoms with Crippen molar-refractivity contribution >= 4 is 22.6 Å². The van der Waals surface area contributed by atoms with Crippen molar-refractivity contribution in [2.24, 2.45) is 0 Å². The van der Waals surface area contributed by atoms with E-state index in [0.717, 1.165) is 5.39 Å². The van der Waals surface area contributed by atoms with Crippen LogP contribution in [0, 0.1) is 0 Å². The fourth-order valence-corrected chi connectivity index (χ4v) is 1.41. The van der Waals surface area contributed by atoms with Gasteiger partial charge in [-0.3, -0.25) is 0 Å². The molecule has 0 amide bonds. The molecule has 1 unspecified atom stereocenters. The summed E-state index contributed by atoms with van der Waals surface area (Å²) < 4.78 is 10.3. The topological polar surface area (TPSA) is 39.4 Å². The quantitative estimate of drug-likeness (QED) is 0.582. The van der Waals surface area contributed by atoms with Crippen molar-refractivity contribution in [3.63, 3.8) is 0 Å². The summed E-state index contributed by atoms with van der Waals surface area (Å²) in [6.07, 6.45) is 0. The molecular formula is C11H9ClO3. The van der Waals surface area contributed by atoms with Crippen LogP contribution in [-0.4, -0.2) is 5.56 Å². The first kappa shape index (κ1) is 10.1. The van der Waals surface area contributed by atoms with Crippen molar-refractivity contribution in [2.45, 2.75) is 12.5 Å². The Kier molecular flexibility index (Phi) is 2.64. The lowest BCUT2D eigenvalue weighted by Gasteiger charge is -2.07. The Hall–Kier alpha value is -1.48. The molecule has 0 N–H and O–H groups in total. The predicted octanol–water partition coefficient (Wildman–Crippen LogP) is 2.76. The van der Waals surface area contributed by atoms with Crippen LogP contribution in [0.2, 0.25) is 0 Å². The highest BCUT2D eigenvalue weighted by molar-refractivity contribution is 6.19. The van der Waals surface area contributed by atoms with Crippen LogP contribution in [0.25, 0.3) is 11.0 Å². The lowest BCUT2D eigenvalue weighted by molar-refractivity contribution is 0.301. The van der Waals surface area contributed by atoms with Crippen molar-refractivity contribution in [3.05, 3.63) is 40.8 Å². The average Bonchev–Trinajstić information content (AvgIpc) is 2.17. The Morgan fingerprint density at radius 3 is 2.87 bits per heavy atom. The summed E-state index contributed by atoms with van der Waals surface area (Å²) in [5.74, 6) is 0.652. The number of rotatable bonds is 2. The smallest absolute Gasteiger partial charge is 0.336 e. The van der Waals surface area contributed by atoms with Crippen LogP contribution in [0.15, 0.2) is 39.5 Å². The minimum atomic E-state index is -0.391. The molecule has 0 bridgehead atoms. The highest BCUT2D eigenvalue weighted by Crippen LogP contribution is 2.20. The highest BCUT2D eigenvalue weighted by Gasteiger charge is 2.02. The molecule has 0 aliphatic carbocycles. The number of benzene rings is 1. The Labute approximate surface area is 91.2 Å². The lowest BCUT2D eigenvalue weighted by atomic mass is 10.2. The fraction of sp³-hybridized carbons (Fsp3) is 0.182. The van der Waals surface area contributed by atoms with Crippen molar-refractivity contribution in [1.29, 1.82) is 0 Å². The van der Waals surface area contributed by atoms with Crippen molar-refractivity contribution in [1.82, 2.24) is 0 Å². The summed E-state index contributed by atoms with van der Waals surface area (Å²) in [4.78, 5) is 10.9. The third-order valence-electron chi connectivity index (χ3n) is 1.89. The van der Waals surface area contributed by atoms with Crippen molar-refractivity contribution in [3.8, 4) is 5.75 Å². The summed E-state index contributed by atoms with van der Waals surface area (Å²) in [7, 11) is 0. The second kappa shape index (κ2) is 3.95. The van der Waals surface area contributed by atoms with Crippen molar-refractivity contribution in [2.75, 3.05) is 0 Å².